The van der Waals surface area contributed by atoms with E-state index in [-0.39, 0.29) is 24.3 Å². The van der Waals surface area contributed by atoms with Gasteiger partial charge in [-0.1, -0.05) is 61.7 Å². The maximum atomic E-state index is 13.0. The molecule has 0 spiro atoms. The summed E-state index contributed by atoms with van der Waals surface area (Å²) in [4.78, 5) is 25.6. The van der Waals surface area contributed by atoms with Crippen LogP contribution in [0.15, 0.2) is 52.9 Å². The van der Waals surface area contributed by atoms with Crippen molar-refractivity contribution in [3.05, 3.63) is 71.0 Å². The molecule has 1 saturated carbocycles. The molecule has 1 aromatic heterocycles. The van der Waals surface area contributed by atoms with E-state index >= 15 is 0 Å². The lowest BCUT2D eigenvalue weighted by atomic mass is 9.88. The molecule has 5 rings (SSSR count). The van der Waals surface area contributed by atoms with Crippen LogP contribution in [0.4, 0.5) is 0 Å². The number of esters is 1. The van der Waals surface area contributed by atoms with Crippen molar-refractivity contribution in [1.82, 2.24) is 5.32 Å². The molecule has 0 bridgehead atoms. The third kappa shape index (κ3) is 5.17. The maximum absolute atomic E-state index is 13.0. The van der Waals surface area contributed by atoms with Crippen molar-refractivity contribution in [3.63, 3.8) is 0 Å². The van der Waals surface area contributed by atoms with Gasteiger partial charge in [0.25, 0.3) is 5.91 Å². The third-order valence-electron chi connectivity index (χ3n) is 6.94. The van der Waals surface area contributed by atoms with Crippen LogP contribution in [0.5, 0.6) is 0 Å². The Bertz CT molecular complexity index is 1160. The van der Waals surface area contributed by atoms with Gasteiger partial charge in [-0.2, -0.15) is 11.8 Å². The second-order valence-corrected chi connectivity index (χ2v) is 10.6. The van der Waals surface area contributed by atoms with Crippen LogP contribution in [0.25, 0.3) is 11.0 Å². The van der Waals surface area contributed by atoms with Crippen molar-refractivity contribution < 1.29 is 18.7 Å². The van der Waals surface area contributed by atoms with E-state index in [1.54, 1.807) is 0 Å². The van der Waals surface area contributed by atoms with E-state index in [9.17, 15) is 9.59 Å². The summed E-state index contributed by atoms with van der Waals surface area (Å²) >= 11 is 1.90. The lowest BCUT2D eigenvalue weighted by Crippen LogP contribution is -2.34. The van der Waals surface area contributed by atoms with Gasteiger partial charge in [0, 0.05) is 22.0 Å². The van der Waals surface area contributed by atoms with Crippen molar-refractivity contribution in [2.24, 2.45) is 0 Å². The summed E-state index contributed by atoms with van der Waals surface area (Å²) < 4.78 is 11.3. The number of ether oxygens (including phenoxy) is 1. The number of amides is 1. The molecule has 6 heteroatoms. The van der Waals surface area contributed by atoms with Crippen LogP contribution in [0, 0.1) is 0 Å². The number of hydrogen-bond donors (Lipinski definition) is 1. The van der Waals surface area contributed by atoms with Crippen molar-refractivity contribution in [1.29, 1.82) is 0 Å². The van der Waals surface area contributed by atoms with Crippen molar-refractivity contribution in [3.8, 4) is 0 Å². The summed E-state index contributed by atoms with van der Waals surface area (Å²) in [7, 11) is 0. The molecular weight excluding hydrogens is 446 g/mol. The molecule has 0 saturated heterocycles. The van der Waals surface area contributed by atoms with Crippen LogP contribution in [0.2, 0.25) is 0 Å². The third-order valence-corrected chi connectivity index (χ3v) is 8.34. The first-order valence-electron chi connectivity index (χ1n) is 12.4. The van der Waals surface area contributed by atoms with Gasteiger partial charge >= 0.3 is 5.97 Å². The van der Waals surface area contributed by atoms with E-state index in [0.717, 1.165) is 35.8 Å². The molecule has 1 heterocycles. The number of benzene rings is 2. The fourth-order valence-corrected chi connectivity index (χ4v) is 6.53. The lowest BCUT2D eigenvalue weighted by molar-refractivity contribution is -0.125. The molecule has 0 unspecified atom stereocenters. The summed E-state index contributed by atoms with van der Waals surface area (Å²) in [5, 5.41) is 4.61. The van der Waals surface area contributed by atoms with Gasteiger partial charge in [-0.15, -0.1) is 0 Å². The van der Waals surface area contributed by atoms with Gasteiger partial charge in [-0.05, 0) is 49.3 Å². The zero-order valence-electron chi connectivity index (χ0n) is 19.4. The monoisotopic (exact) mass is 477 g/mol. The number of thioether (sulfide) groups is 1. The Labute approximate surface area is 204 Å². The zero-order chi connectivity index (χ0) is 23.3. The Morgan fingerprint density at radius 3 is 2.65 bits per heavy atom. The molecule has 178 valence electrons. The Morgan fingerprint density at radius 2 is 1.76 bits per heavy atom. The second kappa shape index (κ2) is 10.7. The predicted octanol–water partition coefficient (Wildman–Crippen LogP) is 6.35. The van der Waals surface area contributed by atoms with Crippen molar-refractivity contribution in [2.75, 3.05) is 6.61 Å². The van der Waals surface area contributed by atoms with Crippen LogP contribution < -0.4 is 5.32 Å². The summed E-state index contributed by atoms with van der Waals surface area (Å²) in [5.74, 6) is 0.0659. The Balaban J connectivity index is 1.24. The number of para-hydroxylation sites is 1. The van der Waals surface area contributed by atoms with Gasteiger partial charge < -0.3 is 14.5 Å². The van der Waals surface area contributed by atoms with Gasteiger partial charge in [0.2, 0.25) is 5.76 Å². The van der Waals surface area contributed by atoms with Crippen LogP contribution >= 0.6 is 11.8 Å². The van der Waals surface area contributed by atoms with Crippen LogP contribution in [-0.2, 0) is 21.7 Å². The first-order valence-corrected chi connectivity index (χ1v) is 13.4. The summed E-state index contributed by atoms with van der Waals surface area (Å²) in [6, 6.07) is 15.9. The molecule has 2 aliphatic rings. The number of aryl methyl sites for hydroxylation is 1. The highest BCUT2D eigenvalue weighted by Gasteiger charge is 2.25. The molecule has 1 amide bonds. The quantitative estimate of drug-likeness (QED) is 0.402. The van der Waals surface area contributed by atoms with Crippen LogP contribution in [0.3, 0.4) is 0 Å². The van der Waals surface area contributed by atoms with Gasteiger partial charge in [-0.3, -0.25) is 4.79 Å². The molecule has 3 aromatic rings. The van der Waals surface area contributed by atoms with Crippen LogP contribution in [0.1, 0.15) is 78.2 Å². The smallest absolute Gasteiger partial charge is 0.375 e. The summed E-state index contributed by atoms with van der Waals surface area (Å²) in [6.07, 6.45) is 9.28. The topological polar surface area (TPSA) is 68.5 Å². The van der Waals surface area contributed by atoms with E-state index in [0.29, 0.717) is 16.6 Å². The Morgan fingerprint density at radius 1 is 0.971 bits per heavy atom. The Hall–Kier alpha value is -2.73. The maximum Gasteiger partial charge on any atom is 0.375 e. The number of carbonyl (C=O) groups excluding carboxylic acids is 2. The van der Waals surface area contributed by atoms with Gasteiger partial charge in [-0.25, -0.2) is 4.79 Å². The second-order valence-electron chi connectivity index (χ2n) is 9.26. The highest BCUT2D eigenvalue weighted by Crippen LogP contribution is 2.35. The minimum atomic E-state index is -0.574. The molecule has 1 fully saturated rings. The normalized spacial score (nSPS) is 18.4. The summed E-state index contributed by atoms with van der Waals surface area (Å²) in [6.45, 7) is -0.316. The number of furan rings is 1. The van der Waals surface area contributed by atoms with Gasteiger partial charge in [0.05, 0.1) is 6.04 Å². The zero-order valence-corrected chi connectivity index (χ0v) is 20.2. The SMILES string of the molecule is O=C(COC(=O)c1oc2ccccc2c1CSC1CCCCC1)N[C@@H]1CCCc2ccccc21. The van der Waals surface area contributed by atoms with E-state index in [1.165, 1.54) is 37.7 Å². The van der Waals surface area contributed by atoms with E-state index in [1.807, 2.05) is 48.2 Å². The van der Waals surface area contributed by atoms with E-state index in [4.69, 9.17) is 9.15 Å². The Kier molecular flexibility index (Phi) is 7.24. The number of nitrogens with one attached hydrogen (secondary N) is 1. The first kappa shape index (κ1) is 23.0. The molecule has 0 aliphatic heterocycles. The lowest BCUT2D eigenvalue weighted by Gasteiger charge is -2.26. The number of carbonyl (C=O) groups is 2. The highest BCUT2D eigenvalue weighted by atomic mass is 32.2. The number of fused-ring (bicyclic) bond motifs is 2. The fraction of sp³-hybridized carbons (Fsp3) is 0.429. The van der Waals surface area contributed by atoms with Crippen LogP contribution in [-0.4, -0.2) is 23.7 Å². The number of rotatable bonds is 7. The van der Waals surface area contributed by atoms with Gasteiger partial charge in [0.15, 0.2) is 6.61 Å². The standard InChI is InChI=1S/C28H31NO4S/c30-26(29-24-15-8-10-19-9-4-5-13-21(19)24)17-32-28(31)27-23(18-34-20-11-2-1-3-12-20)22-14-6-7-16-25(22)33-27/h4-7,9,13-14,16,20,24H,1-3,8,10-12,15,17-18H2,(H,29,30)/t24-/m1/s1. The average molecular weight is 478 g/mol. The minimum absolute atomic E-state index is 0.0372. The molecule has 2 aromatic carbocycles. The van der Waals surface area contributed by atoms with E-state index in [2.05, 4.69) is 17.4 Å². The highest BCUT2D eigenvalue weighted by molar-refractivity contribution is 7.99. The van der Waals surface area contributed by atoms with Crippen molar-refractivity contribution in [2.45, 2.75) is 68.4 Å². The average Bonchev–Trinajstić information content (AvgIpc) is 3.25. The molecule has 1 N–H and O–H groups in total. The van der Waals surface area contributed by atoms with E-state index < -0.39 is 5.97 Å². The molecule has 34 heavy (non-hydrogen) atoms. The largest absolute Gasteiger partial charge is 0.450 e. The predicted molar refractivity (Wildman–Crippen MR) is 135 cm³/mol. The molecule has 1 atom stereocenters. The summed E-state index contributed by atoms with van der Waals surface area (Å²) in [5.41, 5.74) is 3.99. The fourth-order valence-electron chi connectivity index (χ4n) is 5.18. The van der Waals surface area contributed by atoms with Crippen molar-refractivity contribution >= 4 is 34.6 Å². The molecule has 5 nitrogen and oxygen atoms in total. The first-order chi connectivity index (χ1) is 16.7. The minimum Gasteiger partial charge on any atom is -0.450 e. The van der Waals surface area contributed by atoms with Gasteiger partial charge in [0.1, 0.15) is 5.58 Å². The molecule has 0 radical (unpaired) electrons. The molecular formula is C28H31NO4S. The molecule has 2 aliphatic carbocycles. The number of hydrogen-bond acceptors (Lipinski definition) is 5.